The summed E-state index contributed by atoms with van der Waals surface area (Å²) in [5.41, 5.74) is 2.95. The molecule has 0 spiro atoms. The molecule has 0 aliphatic carbocycles. The van der Waals surface area contributed by atoms with Crippen LogP contribution in [0.1, 0.15) is 24.4 Å². The number of hydrogen-bond acceptors (Lipinski definition) is 8. The second-order valence-corrected chi connectivity index (χ2v) is 10.3. The number of morpholine rings is 1. The van der Waals surface area contributed by atoms with Gasteiger partial charge in [0.25, 0.3) is 5.56 Å². The maximum atomic E-state index is 14.1. The second-order valence-electron chi connectivity index (χ2n) is 10.3. The van der Waals surface area contributed by atoms with Gasteiger partial charge in [0, 0.05) is 50.0 Å². The van der Waals surface area contributed by atoms with E-state index >= 15 is 0 Å². The summed E-state index contributed by atoms with van der Waals surface area (Å²) in [4.78, 5) is 28.5. The predicted molar refractivity (Wildman–Crippen MR) is 161 cm³/mol. The molecular formula is C32H35N5O4. The topological polar surface area (TPSA) is 82.0 Å². The van der Waals surface area contributed by atoms with Crippen LogP contribution in [0.5, 0.6) is 11.6 Å². The van der Waals surface area contributed by atoms with Crippen molar-refractivity contribution in [3.05, 3.63) is 82.5 Å². The Morgan fingerprint density at radius 2 is 1.66 bits per heavy atom. The highest BCUT2D eigenvalue weighted by Gasteiger charge is 2.26. The highest BCUT2D eigenvalue weighted by molar-refractivity contribution is 5.83. The van der Waals surface area contributed by atoms with E-state index in [9.17, 15) is 4.79 Å². The van der Waals surface area contributed by atoms with Crippen LogP contribution in [0.4, 0.5) is 5.69 Å². The summed E-state index contributed by atoms with van der Waals surface area (Å²) in [5.74, 6) is 1.68. The van der Waals surface area contributed by atoms with E-state index in [1.807, 2.05) is 60.7 Å². The number of rotatable bonds is 7. The van der Waals surface area contributed by atoms with Crippen LogP contribution < -0.4 is 19.9 Å². The van der Waals surface area contributed by atoms with Crippen LogP contribution in [-0.2, 0) is 4.74 Å². The summed E-state index contributed by atoms with van der Waals surface area (Å²) in [5, 5.41) is 0.581. The van der Waals surface area contributed by atoms with Crippen molar-refractivity contribution >= 4 is 28.7 Å². The van der Waals surface area contributed by atoms with Gasteiger partial charge in [-0.25, -0.2) is 9.97 Å². The monoisotopic (exact) mass is 553 g/mol. The molecule has 2 saturated heterocycles. The summed E-state index contributed by atoms with van der Waals surface area (Å²) in [6.07, 6.45) is 5.85. The fraction of sp³-hybridized carbons (Fsp3) is 0.344. The number of ether oxygens (including phenoxy) is 3. The molecule has 2 aromatic carbocycles. The zero-order valence-electron chi connectivity index (χ0n) is 23.5. The third-order valence-electron chi connectivity index (χ3n) is 7.94. The van der Waals surface area contributed by atoms with Gasteiger partial charge < -0.3 is 19.1 Å². The molecule has 4 aromatic rings. The molecule has 2 aliphatic rings. The van der Waals surface area contributed by atoms with Gasteiger partial charge in [0.2, 0.25) is 5.88 Å². The average Bonchev–Trinajstić information content (AvgIpc) is 3.04. The van der Waals surface area contributed by atoms with Crippen molar-refractivity contribution in [1.82, 2.24) is 19.4 Å². The fourth-order valence-corrected chi connectivity index (χ4v) is 5.73. The van der Waals surface area contributed by atoms with Gasteiger partial charge in [-0.2, -0.15) is 0 Å². The SMILES string of the molecule is COc1cccc(-n2c(/C=C/c3cccc(OC)n3)nc3ccc(N4CCC(N5CCOCC5)CC4)cc3c2=O)c1. The van der Waals surface area contributed by atoms with Gasteiger partial charge in [-0.1, -0.05) is 12.1 Å². The smallest absolute Gasteiger partial charge is 0.266 e. The average molecular weight is 554 g/mol. The van der Waals surface area contributed by atoms with Crippen LogP contribution in [0.25, 0.3) is 28.7 Å². The van der Waals surface area contributed by atoms with Crippen molar-refractivity contribution in [3.63, 3.8) is 0 Å². The summed E-state index contributed by atoms with van der Waals surface area (Å²) < 4.78 is 17.9. The van der Waals surface area contributed by atoms with Crippen molar-refractivity contribution in [2.75, 3.05) is 58.5 Å². The Kier molecular flexibility index (Phi) is 7.98. The number of benzene rings is 2. The first kappa shape index (κ1) is 27.0. The van der Waals surface area contributed by atoms with Crippen LogP contribution >= 0.6 is 0 Å². The Morgan fingerprint density at radius 3 is 2.44 bits per heavy atom. The van der Waals surface area contributed by atoms with Gasteiger partial charge in [0.05, 0.1) is 49.7 Å². The Labute approximate surface area is 239 Å². The van der Waals surface area contributed by atoms with Crippen molar-refractivity contribution in [3.8, 4) is 17.3 Å². The summed E-state index contributed by atoms with van der Waals surface area (Å²) in [7, 11) is 3.20. The van der Waals surface area contributed by atoms with Crippen LogP contribution in [-0.4, -0.2) is 79.1 Å². The van der Waals surface area contributed by atoms with Gasteiger partial charge in [-0.3, -0.25) is 14.3 Å². The van der Waals surface area contributed by atoms with E-state index in [1.165, 1.54) is 0 Å². The van der Waals surface area contributed by atoms with Crippen LogP contribution in [0.3, 0.4) is 0 Å². The lowest BCUT2D eigenvalue weighted by atomic mass is 10.0. The predicted octanol–water partition coefficient (Wildman–Crippen LogP) is 4.27. The molecule has 9 nitrogen and oxygen atoms in total. The van der Waals surface area contributed by atoms with Gasteiger partial charge in [-0.15, -0.1) is 0 Å². The number of piperidine rings is 1. The molecule has 2 aromatic heterocycles. The van der Waals surface area contributed by atoms with Gasteiger partial charge in [-0.05, 0) is 61.4 Å². The molecule has 0 saturated carbocycles. The molecule has 212 valence electrons. The summed E-state index contributed by atoms with van der Waals surface area (Å²) >= 11 is 0. The highest BCUT2D eigenvalue weighted by atomic mass is 16.5. The molecule has 2 fully saturated rings. The quantitative estimate of drug-likeness (QED) is 0.336. The zero-order chi connectivity index (χ0) is 28.2. The highest BCUT2D eigenvalue weighted by Crippen LogP contribution is 2.26. The molecule has 0 unspecified atom stereocenters. The zero-order valence-corrected chi connectivity index (χ0v) is 23.5. The molecule has 0 radical (unpaired) electrons. The lowest BCUT2D eigenvalue weighted by Crippen LogP contribution is -2.49. The standard InChI is InChI=1S/C32H35N5O4/c1-39-27-7-4-6-26(21-27)37-30(12-9-23-5-3-8-31(33-23)40-2)34-29-11-10-25(22-28(29)32(37)38)35-15-13-24(14-16-35)36-17-19-41-20-18-36/h3-12,21-22,24H,13-20H2,1-2H3/b12-9+. The minimum Gasteiger partial charge on any atom is -0.497 e. The Bertz CT molecular complexity index is 1600. The van der Waals surface area contributed by atoms with Crippen molar-refractivity contribution in [2.45, 2.75) is 18.9 Å². The van der Waals surface area contributed by atoms with E-state index in [1.54, 1.807) is 24.9 Å². The Hall–Kier alpha value is -4.21. The molecule has 6 rings (SSSR count). The van der Waals surface area contributed by atoms with E-state index in [2.05, 4.69) is 20.9 Å². The normalized spacial score (nSPS) is 16.9. The minimum atomic E-state index is -0.133. The first-order valence-corrected chi connectivity index (χ1v) is 14.1. The van der Waals surface area contributed by atoms with E-state index in [0.717, 1.165) is 57.9 Å². The minimum absolute atomic E-state index is 0.133. The summed E-state index contributed by atoms with van der Waals surface area (Å²) in [6.45, 7) is 5.59. The molecule has 9 heteroatoms. The number of hydrogen-bond donors (Lipinski definition) is 0. The number of nitrogens with zero attached hydrogens (tertiary/aromatic N) is 5. The Morgan fingerprint density at radius 1 is 0.854 bits per heavy atom. The van der Waals surface area contributed by atoms with Crippen molar-refractivity contribution in [1.29, 1.82) is 0 Å². The molecule has 0 bridgehead atoms. The van der Waals surface area contributed by atoms with Crippen molar-refractivity contribution < 1.29 is 14.2 Å². The molecule has 0 amide bonds. The van der Waals surface area contributed by atoms with E-state index in [4.69, 9.17) is 19.2 Å². The van der Waals surface area contributed by atoms with Gasteiger partial charge >= 0.3 is 0 Å². The maximum Gasteiger partial charge on any atom is 0.266 e. The fourth-order valence-electron chi connectivity index (χ4n) is 5.73. The number of aromatic nitrogens is 3. The lowest BCUT2D eigenvalue weighted by Gasteiger charge is -2.40. The third kappa shape index (κ3) is 5.82. The lowest BCUT2D eigenvalue weighted by molar-refractivity contribution is 0.0115. The van der Waals surface area contributed by atoms with Crippen LogP contribution in [0.2, 0.25) is 0 Å². The van der Waals surface area contributed by atoms with Crippen LogP contribution in [0, 0.1) is 0 Å². The number of pyridine rings is 1. The number of fused-ring (bicyclic) bond motifs is 1. The summed E-state index contributed by atoms with van der Waals surface area (Å²) in [6, 6.07) is 19.6. The van der Waals surface area contributed by atoms with Crippen LogP contribution in [0.15, 0.2) is 65.5 Å². The number of methoxy groups -OCH3 is 2. The molecular weight excluding hydrogens is 518 g/mol. The van der Waals surface area contributed by atoms with Gasteiger partial charge in [0.1, 0.15) is 11.6 Å². The maximum absolute atomic E-state index is 14.1. The first-order chi connectivity index (χ1) is 20.1. The van der Waals surface area contributed by atoms with E-state index in [-0.39, 0.29) is 5.56 Å². The molecule has 0 N–H and O–H groups in total. The van der Waals surface area contributed by atoms with Gasteiger partial charge in [0.15, 0.2) is 0 Å². The van der Waals surface area contributed by atoms with Crippen molar-refractivity contribution in [2.24, 2.45) is 0 Å². The van der Waals surface area contributed by atoms with E-state index in [0.29, 0.717) is 45.8 Å². The molecule has 0 atom stereocenters. The molecule has 4 heterocycles. The Balaban J connectivity index is 1.36. The number of anilines is 1. The van der Waals surface area contributed by atoms with E-state index < -0.39 is 0 Å². The molecule has 2 aliphatic heterocycles. The first-order valence-electron chi connectivity index (χ1n) is 14.1. The third-order valence-corrected chi connectivity index (χ3v) is 7.94. The second kappa shape index (κ2) is 12.1. The largest absolute Gasteiger partial charge is 0.497 e. The molecule has 41 heavy (non-hydrogen) atoms.